The highest BCUT2D eigenvalue weighted by Crippen LogP contribution is 2.26. The molecule has 0 bridgehead atoms. The Labute approximate surface area is 136 Å². The predicted octanol–water partition coefficient (Wildman–Crippen LogP) is 3.37. The minimum absolute atomic E-state index is 0.553. The third kappa shape index (κ3) is 2.70. The van der Waals surface area contributed by atoms with E-state index in [9.17, 15) is 0 Å². The molecule has 0 radical (unpaired) electrons. The zero-order chi connectivity index (χ0) is 15.8. The Morgan fingerprint density at radius 3 is 2.70 bits per heavy atom. The molecule has 0 spiro atoms. The van der Waals surface area contributed by atoms with E-state index in [1.165, 1.54) is 11.3 Å². The Bertz CT molecular complexity index is 806. The van der Waals surface area contributed by atoms with Crippen LogP contribution in [0.1, 0.15) is 6.92 Å². The van der Waals surface area contributed by atoms with Gasteiger partial charge < -0.3 is 14.8 Å². The summed E-state index contributed by atoms with van der Waals surface area (Å²) in [6, 6.07) is 13.7. The first-order chi connectivity index (χ1) is 11.2. The number of anilines is 1. The molecule has 1 aromatic carbocycles. The highest BCUT2D eigenvalue weighted by atomic mass is 15.3. The number of benzene rings is 1. The van der Waals surface area contributed by atoms with Crippen LogP contribution in [-0.4, -0.2) is 47.6 Å². The van der Waals surface area contributed by atoms with Gasteiger partial charge in [0.15, 0.2) is 0 Å². The quantitative estimate of drug-likeness (QED) is 0.788. The number of nitrogens with one attached hydrogen (secondary N) is 1. The summed E-state index contributed by atoms with van der Waals surface area (Å²) >= 11 is 0. The zero-order valence-electron chi connectivity index (χ0n) is 13.7. The standard InChI is InChI=1S/C19H22N4/c1-14-13-22(2)9-10-23(14)18-5-3-15(4-6-18)17-11-16-7-8-20-19(16)21-12-17/h3-8,11-12,14H,9-10,13H2,1-2H3,(H,20,21)/t14-/m1/s1. The van der Waals surface area contributed by atoms with Gasteiger partial charge in [0, 0.05) is 54.7 Å². The second-order valence-corrected chi connectivity index (χ2v) is 6.49. The van der Waals surface area contributed by atoms with Crippen LogP contribution in [0.4, 0.5) is 5.69 Å². The molecule has 1 fully saturated rings. The fourth-order valence-electron chi connectivity index (χ4n) is 3.47. The third-order valence-corrected chi connectivity index (χ3v) is 4.76. The van der Waals surface area contributed by atoms with Crippen LogP contribution < -0.4 is 4.90 Å². The highest BCUT2D eigenvalue weighted by Gasteiger charge is 2.21. The topological polar surface area (TPSA) is 35.2 Å². The molecule has 1 saturated heterocycles. The molecule has 0 amide bonds. The minimum atomic E-state index is 0.553. The van der Waals surface area contributed by atoms with Gasteiger partial charge in [-0.25, -0.2) is 4.98 Å². The van der Waals surface area contributed by atoms with Crippen molar-refractivity contribution in [3.8, 4) is 11.1 Å². The van der Waals surface area contributed by atoms with E-state index in [1.807, 2.05) is 12.4 Å². The van der Waals surface area contributed by atoms with Crippen LogP contribution in [0, 0.1) is 0 Å². The number of aromatic nitrogens is 2. The zero-order valence-corrected chi connectivity index (χ0v) is 13.7. The fraction of sp³-hybridized carbons (Fsp3) is 0.316. The maximum atomic E-state index is 4.48. The second kappa shape index (κ2) is 5.70. The van der Waals surface area contributed by atoms with Gasteiger partial charge in [-0.1, -0.05) is 12.1 Å². The number of H-pyrrole nitrogens is 1. The van der Waals surface area contributed by atoms with Crippen LogP contribution in [0.15, 0.2) is 48.8 Å². The fourth-order valence-corrected chi connectivity index (χ4v) is 3.47. The lowest BCUT2D eigenvalue weighted by atomic mass is 10.1. The molecule has 2 aromatic heterocycles. The Balaban J connectivity index is 1.60. The molecule has 4 nitrogen and oxygen atoms in total. The molecule has 1 aliphatic rings. The minimum Gasteiger partial charge on any atom is -0.366 e. The molecule has 0 saturated carbocycles. The first kappa shape index (κ1) is 14.3. The summed E-state index contributed by atoms with van der Waals surface area (Å²) in [6.07, 6.45) is 3.87. The number of pyridine rings is 1. The summed E-state index contributed by atoms with van der Waals surface area (Å²) in [6.45, 7) is 5.64. The maximum absolute atomic E-state index is 4.48. The molecule has 0 aliphatic carbocycles. The van der Waals surface area contributed by atoms with Crippen molar-refractivity contribution >= 4 is 16.7 Å². The predicted molar refractivity (Wildman–Crippen MR) is 95.8 cm³/mol. The number of hydrogen-bond acceptors (Lipinski definition) is 3. The Kier molecular flexibility index (Phi) is 3.54. The van der Waals surface area contributed by atoms with Crippen LogP contribution >= 0.6 is 0 Å². The Hall–Kier alpha value is -2.33. The van der Waals surface area contributed by atoms with E-state index in [1.54, 1.807) is 0 Å². The normalized spacial score (nSPS) is 19.4. The molecule has 3 heterocycles. The molecule has 1 aliphatic heterocycles. The van der Waals surface area contributed by atoms with Crippen LogP contribution in [0.5, 0.6) is 0 Å². The number of likely N-dealkylation sites (N-methyl/N-ethyl adjacent to an activating group) is 1. The first-order valence-electron chi connectivity index (χ1n) is 8.19. The van der Waals surface area contributed by atoms with Crippen molar-refractivity contribution in [1.29, 1.82) is 0 Å². The van der Waals surface area contributed by atoms with Gasteiger partial charge in [0.1, 0.15) is 5.65 Å². The van der Waals surface area contributed by atoms with Gasteiger partial charge in [-0.05, 0) is 43.8 Å². The first-order valence-corrected chi connectivity index (χ1v) is 8.19. The average Bonchev–Trinajstić information content (AvgIpc) is 3.03. The molecule has 0 unspecified atom stereocenters. The third-order valence-electron chi connectivity index (χ3n) is 4.76. The van der Waals surface area contributed by atoms with Crippen molar-refractivity contribution in [2.45, 2.75) is 13.0 Å². The van der Waals surface area contributed by atoms with E-state index < -0.39 is 0 Å². The van der Waals surface area contributed by atoms with Gasteiger partial charge in [0.25, 0.3) is 0 Å². The number of nitrogens with zero attached hydrogens (tertiary/aromatic N) is 3. The number of piperazine rings is 1. The van der Waals surface area contributed by atoms with Crippen LogP contribution in [0.3, 0.4) is 0 Å². The van der Waals surface area contributed by atoms with E-state index in [0.717, 1.165) is 36.2 Å². The molecule has 4 heteroatoms. The molecule has 4 rings (SSSR count). The summed E-state index contributed by atoms with van der Waals surface area (Å²) in [5.41, 5.74) is 4.63. The van der Waals surface area contributed by atoms with Gasteiger partial charge in [-0.3, -0.25) is 0 Å². The summed E-state index contributed by atoms with van der Waals surface area (Å²) in [4.78, 5) is 12.5. The summed E-state index contributed by atoms with van der Waals surface area (Å²) in [5, 5.41) is 1.15. The van der Waals surface area contributed by atoms with E-state index in [2.05, 4.69) is 70.1 Å². The number of rotatable bonds is 2. The smallest absolute Gasteiger partial charge is 0.137 e. The SMILES string of the molecule is C[C@@H]1CN(C)CCN1c1ccc(-c2cnc3[nH]ccc3c2)cc1. The van der Waals surface area contributed by atoms with Gasteiger partial charge in [0.2, 0.25) is 0 Å². The van der Waals surface area contributed by atoms with Crippen molar-refractivity contribution in [1.82, 2.24) is 14.9 Å². The largest absolute Gasteiger partial charge is 0.366 e. The summed E-state index contributed by atoms with van der Waals surface area (Å²) < 4.78 is 0. The van der Waals surface area contributed by atoms with Crippen LogP contribution in [-0.2, 0) is 0 Å². The van der Waals surface area contributed by atoms with E-state index in [-0.39, 0.29) is 0 Å². The summed E-state index contributed by atoms with van der Waals surface area (Å²) in [7, 11) is 2.20. The molecular weight excluding hydrogens is 284 g/mol. The molecule has 23 heavy (non-hydrogen) atoms. The van der Waals surface area contributed by atoms with Gasteiger partial charge in [-0.2, -0.15) is 0 Å². The Morgan fingerprint density at radius 1 is 1.09 bits per heavy atom. The van der Waals surface area contributed by atoms with Crippen molar-refractivity contribution in [2.75, 3.05) is 31.6 Å². The van der Waals surface area contributed by atoms with Crippen molar-refractivity contribution in [3.05, 3.63) is 48.8 Å². The van der Waals surface area contributed by atoms with Gasteiger partial charge >= 0.3 is 0 Å². The lowest BCUT2D eigenvalue weighted by Gasteiger charge is -2.39. The summed E-state index contributed by atoms with van der Waals surface area (Å²) in [5.74, 6) is 0. The van der Waals surface area contributed by atoms with Crippen LogP contribution in [0.2, 0.25) is 0 Å². The van der Waals surface area contributed by atoms with E-state index >= 15 is 0 Å². The molecule has 3 aromatic rings. The van der Waals surface area contributed by atoms with E-state index in [0.29, 0.717) is 6.04 Å². The van der Waals surface area contributed by atoms with Gasteiger partial charge in [-0.15, -0.1) is 0 Å². The van der Waals surface area contributed by atoms with Crippen LogP contribution in [0.25, 0.3) is 22.2 Å². The second-order valence-electron chi connectivity index (χ2n) is 6.49. The number of hydrogen-bond donors (Lipinski definition) is 1. The van der Waals surface area contributed by atoms with Crippen molar-refractivity contribution in [2.24, 2.45) is 0 Å². The molecule has 118 valence electrons. The highest BCUT2D eigenvalue weighted by molar-refractivity contribution is 5.81. The molecule has 1 atom stereocenters. The maximum Gasteiger partial charge on any atom is 0.137 e. The lowest BCUT2D eigenvalue weighted by Crippen LogP contribution is -2.50. The van der Waals surface area contributed by atoms with E-state index in [4.69, 9.17) is 0 Å². The number of aromatic amines is 1. The van der Waals surface area contributed by atoms with Gasteiger partial charge in [0.05, 0.1) is 0 Å². The number of fused-ring (bicyclic) bond motifs is 1. The molecular formula is C19H22N4. The van der Waals surface area contributed by atoms with Crippen molar-refractivity contribution in [3.63, 3.8) is 0 Å². The monoisotopic (exact) mass is 306 g/mol. The van der Waals surface area contributed by atoms with Crippen molar-refractivity contribution < 1.29 is 0 Å². The Morgan fingerprint density at radius 2 is 1.91 bits per heavy atom. The average molecular weight is 306 g/mol. The molecule has 1 N–H and O–H groups in total. The lowest BCUT2D eigenvalue weighted by molar-refractivity contribution is 0.275.